The van der Waals surface area contributed by atoms with E-state index in [0.29, 0.717) is 19.3 Å². The van der Waals surface area contributed by atoms with E-state index in [-0.39, 0.29) is 63.1 Å². The number of esters is 4. The first-order valence-corrected chi connectivity index (χ1v) is 7.49. The van der Waals surface area contributed by atoms with Gasteiger partial charge in [-0.25, -0.2) is 0 Å². The first-order valence-electron chi connectivity index (χ1n) is 7.49. The van der Waals surface area contributed by atoms with E-state index < -0.39 is 0 Å². The molecule has 8 nitrogen and oxygen atoms in total. The van der Waals surface area contributed by atoms with E-state index in [1.165, 1.54) is 13.8 Å². The summed E-state index contributed by atoms with van der Waals surface area (Å²) in [4.78, 5) is 43.6. The van der Waals surface area contributed by atoms with Crippen LogP contribution in [-0.2, 0) is 38.1 Å². The zero-order valence-electron chi connectivity index (χ0n) is 13.6. The van der Waals surface area contributed by atoms with E-state index in [4.69, 9.17) is 9.47 Å². The second kappa shape index (κ2) is 13.5. The first kappa shape index (κ1) is 20.9. The molecule has 0 fully saturated rings. The molecule has 0 spiro atoms. The van der Waals surface area contributed by atoms with Crippen molar-refractivity contribution in [3.05, 3.63) is 0 Å². The van der Waals surface area contributed by atoms with Gasteiger partial charge in [0.1, 0.15) is 0 Å². The second-order valence-corrected chi connectivity index (χ2v) is 4.68. The summed E-state index contributed by atoms with van der Waals surface area (Å²) in [5.41, 5.74) is 0. The highest BCUT2D eigenvalue weighted by molar-refractivity contribution is 5.70. The number of hydrogen-bond acceptors (Lipinski definition) is 8. The molecule has 0 aliphatic carbocycles. The van der Waals surface area contributed by atoms with E-state index in [9.17, 15) is 19.2 Å². The summed E-state index contributed by atoms with van der Waals surface area (Å²) >= 11 is 0. The van der Waals surface area contributed by atoms with Crippen LogP contribution in [0.3, 0.4) is 0 Å². The lowest BCUT2D eigenvalue weighted by molar-refractivity contribution is -0.149. The van der Waals surface area contributed by atoms with Gasteiger partial charge in [0.25, 0.3) is 0 Å². The summed E-state index contributed by atoms with van der Waals surface area (Å²) in [6.45, 7) is 3.30. The summed E-state index contributed by atoms with van der Waals surface area (Å²) in [5.74, 6) is -1.53. The van der Waals surface area contributed by atoms with Gasteiger partial charge in [-0.3, -0.25) is 19.2 Å². The van der Waals surface area contributed by atoms with Crippen LogP contribution in [0.1, 0.15) is 46.0 Å². The fourth-order valence-electron chi connectivity index (χ4n) is 1.44. The monoisotopic (exact) mass is 332 g/mol. The third-order valence-electron chi connectivity index (χ3n) is 2.48. The highest BCUT2D eigenvalue weighted by Gasteiger charge is 2.05. The molecule has 132 valence electrons. The fourth-order valence-corrected chi connectivity index (χ4v) is 1.44. The fraction of sp³-hybridized carbons (Fsp3) is 0.733. The van der Waals surface area contributed by atoms with Gasteiger partial charge in [-0.15, -0.1) is 0 Å². The summed E-state index contributed by atoms with van der Waals surface area (Å²) < 4.78 is 19.2. The molecular weight excluding hydrogens is 308 g/mol. The van der Waals surface area contributed by atoms with Crippen LogP contribution < -0.4 is 0 Å². The van der Waals surface area contributed by atoms with Crippen molar-refractivity contribution in [1.29, 1.82) is 0 Å². The Kier molecular flexibility index (Phi) is 12.3. The van der Waals surface area contributed by atoms with Crippen LogP contribution in [0.25, 0.3) is 0 Å². The van der Waals surface area contributed by atoms with Crippen molar-refractivity contribution in [2.45, 2.75) is 46.0 Å². The number of ether oxygens (including phenoxy) is 4. The van der Waals surface area contributed by atoms with E-state index >= 15 is 0 Å². The molecule has 0 aliphatic rings. The standard InChI is InChI=1S/C15H24O8/c1-12(16)20-8-3-6-14(18)22-10-5-11-23-15(19)7-4-9-21-13(2)17/h3-11H2,1-2H3. The number of carbonyl (C=O) groups excluding carboxylic acids is 4. The second-order valence-electron chi connectivity index (χ2n) is 4.68. The molecule has 0 saturated carbocycles. The average Bonchev–Trinajstić information content (AvgIpc) is 2.47. The molecule has 0 saturated heterocycles. The zero-order chi connectivity index (χ0) is 17.5. The molecule has 23 heavy (non-hydrogen) atoms. The van der Waals surface area contributed by atoms with Gasteiger partial charge in [0.2, 0.25) is 0 Å². The molecule has 8 heteroatoms. The lowest BCUT2D eigenvalue weighted by atomic mass is 10.3. The van der Waals surface area contributed by atoms with Gasteiger partial charge in [0, 0.05) is 33.1 Å². The molecular formula is C15H24O8. The lowest BCUT2D eigenvalue weighted by Crippen LogP contribution is -2.12. The largest absolute Gasteiger partial charge is 0.466 e. The Morgan fingerprint density at radius 2 is 0.913 bits per heavy atom. The van der Waals surface area contributed by atoms with Crippen LogP contribution in [0.2, 0.25) is 0 Å². The van der Waals surface area contributed by atoms with Crippen LogP contribution in [0.5, 0.6) is 0 Å². The Balaban J connectivity index is 3.40. The minimum atomic E-state index is -0.384. The highest BCUT2D eigenvalue weighted by Crippen LogP contribution is 1.98. The normalized spacial score (nSPS) is 9.83. The maximum Gasteiger partial charge on any atom is 0.305 e. The van der Waals surface area contributed by atoms with E-state index in [1.807, 2.05) is 0 Å². The van der Waals surface area contributed by atoms with Crippen LogP contribution >= 0.6 is 0 Å². The predicted octanol–water partition coefficient (Wildman–Crippen LogP) is 1.15. The molecule has 0 rings (SSSR count). The van der Waals surface area contributed by atoms with E-state index in [0.717, 1.165) is 0 Å². The van der Waals surface area contributed by atoms with E-state index in [2.05, 4.69) is 9.47 Å². The lowest BCUT2D eigenvalue weighted by Gasteiger charge is -2.06. The molecule has 0 aromatic rings. The molecule has 0 bridgehead atoms. The maximum absolute atomic E-state index is 11.3. The minimum Gasteiger partial charge on any atom is -0.466 e. The van der Waals surface area contributed by atoms with Crippen LogP contribution in [0.15, 0.2) is 0 Å². The molecule has 0 aliphatic heterocycles. The Morgan fingerprint density at radius 1 is 0.565 bits per heavy atom. The minimum absolute atomic E-state index is 0.160. The summed E-state index contributed by atoms with van der Waals surface area (Å²) in [6.07, 6.45) is 1.57. The number of carbonyl (C=O) groups is 4. The van der Waals surface area contributed by atoms with Crippen molar-refractivity contribution >= 4 is 23.9 Å². The van der Waals surface area contributed by atoms with Crippen molar-refractivity contribution in [3.63, 3.8) is 0 Å². The average molecular weight is 332 g/mol. The summed E-state index contributed by atoms with van der Waals surface area (Å²) in [7, 11) is 0. The first-order chi connectivity index (χ1) is 10.9. The molecule has 0 N–H and O–H groups in total. The van der Waals surface area contributed by atoms with Gasteiger partial charge in [0.05, 0.1) is 26.4 Å². The van der Waals surface area contributed by atoms with Gasteiger partial charge in [0.15, 0.2) is 0 Å². The van der Waals surface area contributed by atoms with Gasteiger partial charge < -0.3 is 18.9 Å². The number of rotatable bonds is 12. The Bertz CT molecular complexity index is 355. The SMILES string of the molecule is CC(=O)OCCCC(=O)OCCCOC(=O)CCCOC(C)=O. The third kappa shape index (κ3) is 16.1. The molecule has 0 radical (unpaired) electrons. The molecule has 0 amide bonds. The van der Waals surface area contributed by atoms with Gasteiger partial charge in [-0.1, -0.05) is 0 Å². The van der Waals surface area contributed by atoms with Gasteiger partial charge in [-0.2, -0.15) is 0 Å². The van der Waals surface area contributed by atoms with E-state index in [1.54, 1.807) is 0 Å². The molecule has 0 heterocycles. The predicted molar refractivity (Wildman–Crippen MR) is 78.3 cm³/mol. The summed E-state index contributed by atoms with van der Waals surface area (Å²) in [5, 5.41) is 0. The van der Waals surface area contributed by atoms with Crippen molar-refractivity contribution in [1.82, 2.24) is 0 Å². The zero-order valence-corrected chi connectivity index (χ0v) is 13.6. The Morgan fingerprint density at radius 3 is 1.26 bits per heavy atom. The van der Waals surface area contributed by atoms with Crippen molar-refractivity contribution in [3.8, 4) is 0 Å². The molecule has 0 unspecified atom stereocenters. The number of hydrogen-bond donors (Lipinski definition) is 0. The molecule has 0 atom stereocenters. The summed E-state index contributed by atoms with van der Waals surface area (Å²) in [6, 6.07) is 0. The highest BCUT2D eigenvalue weighted by atomic mass is 16.6. The van der Waals surface area contributed by atoms with Crippen molar-refractivity contribution in [2.75, 3.05) is 26.4 Å². The van der Waals surface area contributed by atoms with Crippen LogP contribution in [-0.4, -0.2) is 50.3 Å². The van der Waals surface area contributed by atoms with Gasteiger partial charge in [-0.05, 0) is 12.8 Å². The topological polar surface area (TPSA) is 105 Å². The quantitative estimate of drug-likeness (QED) is 0.298. The van der Waals surface area contributed by atoms with Crippen molar-refractivity contribution < 1.29 is 38.1 Å². The van der Waals surface area contributed by atoms with Gasteiger partial charge >= 0.3 is 23.9 Å². The van der Waals surface area contributed by atoms with Crippen molar-refractivity contribution in [2.24, 2.45) is 0 Å². The smallest absolute Gasteiger partial charge is 0.305 e. The maximum atomic E-state index is 11.3. The van der Waals surface area contributed by atoms with Crippen LogP contribution in [0, 0.1) is 0 Å². The Hall–Kier alpha value is -2.12. The third-order valence-corrected chi connectivity index (χ3v) is 2.48. The molecule has 0 aromatic carbocycles. The van der Waals surface area contributed by atoms with Crippen LogP contribution in [0.4, 0.5) is 0 Å². The Labute approximate surface area is 135 Å². The molecule has 0 aromatic heterocycles.